The van der Waals surface area contributed by atoms with Gasteiger partial charge in [-0.15, -0.1) is 0 Å². The molecule has 0 saturated heterocycles. The molecule has 0 unspecified atom stereocenters. The Labute approximate surface area is 269 Å². The SMILES string of the molecule is CCCCC/C=C\C/C=C\C/C=C\C=C\C(=O)CCCC(=O)OC[C@H](O)COC(=O)CCCCCCCCCCCCCC. The average Bonchev–Trinajstić information content (AvgIpc) is 3.01. The standard InChI is InChI=1S/C38H64O6/c1-3-5-7-9-11-13-15-17-18-20-22-24-26-29-35(39)30-28-32-38(42)44-34-36(40)33-43-37(41)31-27-25-23-21-19-16-14-12-10-8-6-4-2/h11,13,17-18,22,24,26,29,36,40H,3-10,12,14-16,19-21,23,25,27-28,30-34H2,1-2H3/b13-11-,18-17-,24-22-,29-26+/t36-/m1/s1. The second-order valence-corrected chi connectivity index (χ2v) is 11.7. The molecule has 6 heteroatoms. The van der Waals surface area contributed by atoms with E-state index in [4.69, 9.17) is 9.47 Å². The van der Waals surface area contributed by atoms with Gasteiger partial charge in [-0.05, 0) is 44.6 Å². The normalized spacial score (nSPS) is 12.6. The number of ketones is 1. The highest BCUT2D eigenvalue weighted by molar-refractivity contribution is 5.90. The van der Waals surface area contributed by atoms with Gasteiger partial charge in [-0.25, -0.2) is 0 Å². The van der Waals surface area contributed by atoms with Gasteiger partial charge in [0.05, 0.1) is 0 Å². The third kappa shape index (κ3) is 32.4. The first-order valence-electron chi connectivity index (χ1n) is 17.6. The molecule has 0 aromatic heterocycles. The number of ether oxygens (including phenoxy) is 2. The van der Waals surface area contributed by atoms with Crippen LogP contribution in [0.2, 0.25) is 0 Å². The Hall–Kier alpha value is -2.47. The van der Waals surface area contributed by atoms with E-state index in [1.807, 2.05) is 12.2 Å². The molecule has 0 aliphatic rings. The topological polar surface area (TPSA) is 89.9 Å². The molecule has 0 saturated carbocycles. The Morgan fingerprint density at radius 1 is 0.545 bits per heavy atom. The van der Waals surface area contributed by atoms with E-state index in [0.29, 0.717) is 12.8 Å². The Kier molecular flexibility index (Phi) is 31.5. The van der Waals surface area contributed by atoms with Crippen LogP contribution in [0.25, 0.3) is 0 Å². The Bertz CT molecular complexity index is 810. The maximum absolute atomic E-state index is 12.0. The van der Waals surface area contributed by atoms with Crippen molar-refractivity contribution in [1.29, 1.82) is 0 Å². The molecule has 0 aliphatic carbocycles. The van der Waals surface area contributed by atoms with Crippen molar-refractivity contribution in [2.45, 2.75) is 161 Å². The van der Waals surface area contributed by atoms with Crippen LogP contribution in [0, 0.1) is 0 Å². The molecule has 0 radical (unpaired) electrons. The van der Waals surface area contributed by atoms with E-state index >= 15 is 0 Å². The first kappa shape index (κ1) is 41.5. The summed E-state index contributed by atoms with van der Waals surface area (Å²) in [5, 5.41) is 9.95. The van der Waals surface area contributed by atoms with E-state index in [-0.39, 0.29) is 37.8 Å². The van der Waals surface area contributed by atoms with Crippen LogP contribution in [-0.4, -0.2) is 42.1 Å². The van der Waals surface area contributed by atoms with Crippen molar-refractivity contribution in [2.24, 2.45) is 0 Å². The summed E-state index contributed by atoms with van der Waals surface area (Å²) in [6.45, 7) is 4.04. The second-order valence-electron chi connectivity index (χ2n) is 11.7. The zero-order valence-corrected chi connectivity index (χ0v) is 28.2. The summed E-state index contributed by atoms with van der Waals surface area (Å²) in [4.78, 5) is 35.8. The molecule has 0 aromatic carbocycles. The third-order valence-electron chi connectivity index (χ3n) is 7.29. The number of rotatable bonds is 31. The average molecular weight is 617 g/mol. The molecule has 0 amide bonds. The van der Waals surface area contributed by atoms with Crippen LogP contribution in [0.1, 0.15) is 155 Å². The third-order valence-corrected chi connectivity index (χ3v) is 7.29. The molecule has 0 heterocycles. The summed E-state index contributed by atoms with van der Waals surface area (Å²) in [6.07, 6.45) is 37.3. The van der Waals surface area contributed by atoms with Crippen LogP contribution in [0.3, 0.4) is 0 Å². The molecule has 0 fully saturated rings. The number of allylic oxidation sites excluding steroid dienone is 8. The van der Waals surface area contributed by atoms with Gasteiger partial charge in [-0.3, -0.25) is 14.4 Å². The van der Waals surface area contributed by atoms with Gasteiger partial charge in [0.15, 0.2) is 5.78 Å². The monoisotopic (exact) mass is 616 g/mol. The van der Waals surface area contributed by atoms with Crippen molar-refractivity contribution in [1.82, 2.24) is 0 Å². The van der Waals surface area contributed by atoms with Crippen molar-refractivity contribution in [3.63, 3.8) is 0 Å². The van der Waals surface area contributed by atoms with Gasteiger partial charge in [0.1, 0.15) is 19.3 Å². The number of carbonyl (C=O) groups is 3. The van der Waals surface area contributed by atoms with Gasteiger partial charge < -0.3 is 14.6 Å². The van der Waals surface area contributed by atoms with Crippen molar-refractivity contribution in [3.05, 3.63) is 48.6 Å². The molecule has 0 spiro atoms. The smallest absolute Gasteiger partial charge is 0.305 e. The summed E-state index contributed by atoms with van der Waals surface area (Å²) in [6, 6.07) is 0. The number of carbonyl (C=O) groups excluding carboxylic acids is 3. The van der Waals surface area contributed by atoms with Crippen LogP contribution in [0.15, 0.2) is 48.6 Å². The molecular weight excluding hydrogens is 552 g/mol. The van der Waals surface area contributed by atoms with E-state index in [1.54, 1.807) is 6.08 Å². The summed E-state index contributed by atoms with van der Waals surface area (Å²) < 4.78 is 10.1. The van der Waals surface area contributed by atoms with E-state index in [2.05, 4.69) is 38.2 Å². The molecule has 6 nitrogen and oxygen atoms in total. The Balaban J connectivity index is 3.68. The molecule has 252 valence electrons. The van der Waals surface area contributed by atoms with E-state index in [9.17, 15) is 19.5 Å². The highest BCUT2D eigenvalue weighted by Gasteiger charge is 2.12. The number of aliphatic hydroxyl groups is 1. The fourth-order valence-electron chi connectivity index (χ4n) is 4.57. The van der Waals surface area contributed by atoms with Gasteiger partial charge in [0, 0.05) is 19.3 Å². The van der Waals surface area contributed by atoms with Gasteiger partial charge in [0.25, 0.3) is 0 Å². The summed E-state index contributed by atoms with van der Waals surface area (Å²) in [5.41, 5.74) is 0. The second kappa shape index (κ2) is 33.4. The molecule has 44 heavy (non-hydrogen) atoms. The van der Waals surface area contributed by atoms with Crippen LogP contribution in [0.5, 0.6) is 0 Å². The fourth-order valence-corrected chi connectivity index (χ4v) is 4.57. The number of aliphatic hydroxyl groups excluding tert-OH is 1. The molecule has 1 N–H and O–H groups in total. The number of unbranched alkanes of at least 4 members (excludes halogenated alkanes) is 14. The van der Waals surface area contributed by atoms with E-state index in [0.717, 1.165) is 38.5 Å². The Morgan fingerprint density at radius 2 is 1.02 bits per heavy atom. The van der Waals surface area contributed by atoms with Gasteiger partial charge in [-0.1, -0.05) is 140 Å². The molecular formula is C38H64O6. The van der Waals surface area contributed by atoms with Crippen molar-refractivity contribution in [3.8, 4) is 0 Å². The van der Waals surface area contributed by atoms with Crippen LogP contribution in [0.4, 0.5) is 0 Å². The highest BCUT2D eigenvalue weighted by Crippen LogP contribution is 2.13. The van der Waals surface area contributed by atoms with Crippen LogP contribution in [-0.2, 0) is 23.9 Å². The molecule has 0 bridgehead atoms. The lowest BCUT2D eigenvalue weighted by atomic mass is 10.0. The van der Waals surface area contributed by atoms with Crippen molar-refractivity contribution in [2.75, 3.05) is 13.2 Å². The minimum atomic E-state index is -1.05. The fraction of sp³-hybridized carbons (Fsp3) is 0.711. The first-order valence-corrected chi connectivity index (χ1v) is 17.6. The first-order chi connectivity index (χ1) is 21.5. The molecule has 1 atom stereocenters. The summed E-state index contributed by atoms with van der Waals surface area (Å²) >= 11 is 0. The molecule has 0 rings (SSSR count). The van der Waals surface area contributed by atoms with Crippen molar-refractivity contribution >= 4 is 17.7 Å². The van der Waals surface area contributed by atoms with Gasteiger partial charge >= 0.3 is 11.9 Å². The predicted molar refractivity (Wildman–Crippen MR) is 182 cm³/mol. The quantitative estimate of drug-likeness (QED) is 0.0274. The maximum atomic E-state index is 12.0. The van der Waals surface area contributed by atoms with Gasteiger partial charge in [0.2, 0.25) is 0 Å². The van der Waals surface area contributed by atoms with Crippen LogP contribution < -0.4 is 0 Å². The number of hydrogen-bond donors (Lipinski definition) is 1. The largest absolute Gasteiger partial charge is 0.463 e. The van der Waals surface area contributed by atoms with Gasteiger partial charge in [-0.2, -0.15) is 0 Å². The lowest BCUT2D eigenvalue weighted by Gasteiger charge is -2.12. The predicted octanol–water partition coefficient (Wildman–Crippen LogP) is 9.85. The highest BCUT2D eigenvalue weighted by atomic mass is 16.6. The summed E-state index contributed by atoms with van der Waals surface area (Å²) in [5.74, 6) is -0.862. The lowest BCUT2D eigenvalue weighted by Crippen LogP contribution is -2.25. The Morgan fingerprint density at radius 3 is 1.61 bits per heavy atom. The van der Waals surface area contributed by atoms with E-state index in [1.165, 1.54) is 83.1 Å². The lowest BCUT2D eigenvalue weighted by molar-refractivity contribution is -0.152. The molecule has 0 aromatic rings. The van der Waals surface area contributed by atoms with E-state index < -0.39 is 12.1 Å². The van der Waals surface area contributed by atoms with Crippen LogP contribution >= 0.6 is 0 Å². The minimum Gasteiger partial charge on any atom is -0.463 e. The zero-order chi connectivity index (χ0) is 32.4. The maximum Gasteiger partial charge on any atom is 0.305 e. The molecule has 0 aliphatic heterocycles. The number of hydrogen-bond acceptors (Lipinski definition) is 6. The summed E-state index contributed by atoms with van der Waals surface area (Å²) in [7, 11) is 0. The number of esters is 2. The zero-order valence-electron chi connectivity index (χ0n) is 28.2. The minimum absolute atomic E-state index is 0.0497. The van der Waals surface area contributed by atoms with Crippen molar-refractivity contribution < 1.29 is 29.0 Å².